The maximum Gasteiger partial charge on any atom is 0.119 e. The van der Waals surface area contributed by atoms with Crippen molar-refractivity contribution in [2.45, 2.75) is 0 Å². The molecule has 2 heterocycles. The Morgan fingerprint density at radius 1 is 1.00 bits per heavy atom. The van der Waals surface area contributed by atoms with Crippen LogP contribution in [0.2, 0.25) is 0 Å². The first-order chi connectivity index (χ1) is 9.36. The first-order valence-corrected chi connectivity index (χ1v) is 6.19. The van der Waals surface area contributed by atoms with Crippen molar-refractivity contribution >= 4 is 32.6 Å². The van der Waals surface area contributed by atoms with Gasteiger partial charge in [-0.3, -0.25) is 4.98 Å². The number of aromatic nitrogens is 2. The normalized spacial score (nSPS) is 11.4. The molecule has 0 radical (unpaired) electrons. The van der Waals surface area contributed by atoms with Crippen LogP contribution in [0.4, 0.5) is 0 Å². The minimum Gasteiger partial charge on any atom is -0.497 e. The number of nitrogens with one attached hydrogen (secondary N) is 1. The Hall–Kier alpha value is -2.55. The Bertz CT molecular complexity index is 908. The SMILES string of the molecule is COc1ccc2[nH]c3c4ccncc4ccc3c2c1. The van der Waals surface area contributed by atoms with Gasteiger partial charge in [0.1, 0.15) is 5.75 Å². The van der Waals surface area contributed by atoms with E-state index >= 15 is 0 Å². The van der Waals surface area contributed by atoms with Crippen LogP contribution in [0.1, 0.15) is 0 Å². The number of hydrogen-bond acceptors (Lipinski definition) is 2. The van der Waals surface area contributed by atoms with Crippen LogP contribution < -0.4 is 4.74 Å². The fraction of sp³-hybridized carbons (Fsp3) is 0.0625. The molecule has 0 aliphatic rings. The predicted molar refractivity (Wildman–Crippen MR) is 77.7 cm³/mol. The Balaban J connectivity index is 2.21. The molecule has 0 saturated carbocycles. The first kappa shape index (κ1) is 10.4. The van der Waals surface area contributed by atoms with Crippen LogP contribution in [0, 0.1) is 0 Å². The fourth-order valence-corrected chi connectivity index (χ4v) is 2.64. The van der Waals surface area contributed by atoms with Crippen molar-refractivity contribution in [1.82, 2.24) is 9.97 Å². The van der Waals surface area contributed by atoms with Crippen molar-refractivity contribution in [3.63, 3.8) is 0 Å². The summed E-state index contributed by atoms with van der Waals surface area (Å²) in [5, 5.41) is 4.75. The average molecular weight is 248 g/mol. The molecule has 1 N–H and O–H groups in total. The van der Waals surface area contributed by atoms with Crippen molar-refractivity contribution in [2.75, 3.05) is 7.11 Å². The number of rotatable bonds is 1. The highest BCUT2D eigenvalue weighted by Gasteiger charge is 2.08. The second kappa shape index (κ2) is 3.72. The number of aromatic amines is 1. The third-order valence-corrected chi connectivity index (χ3v) is 3.60. The van der Waals surface area contributed by atoms with Gasteiger partial charge in [0.2, 0.25) is 0 Å². The lowest BCUT2D eigenvalue weighted by molar-refractivity contribution is 0.415. The van der Waals surface area contributed by atoms with Crippen LogP contribution in [-0.4, -0.2) is 17.1 Å². The Labute approximate surface area is 109 Å². The second-order valence-corrected chi connectivity index (χ2v) is 4.62. The van der Waals surface area contributed by atoms with E-state index in [1.807, 2.05) is 24.5 Å². The standard InChI is InChI=1S/C16H12N2O/c1-19-11-3-5-15-14(8-11)13-4-2-10-9-17-7-6-12(10)16(13)18-15/h2-9,18H,1H3. The van der Waals surface area contributed by atoms with E-state index in [1.54, 1.807) is 7.11 Å². The summed E-state index contributed by atoms with van der Waals surface area (Å²) in [6.45, 7) is 0. The number of nitrogens with zero attached hydrogens (tertiary/aromatic N) is 1. The molecule has 19 heavy (non-hydrogen) atoms. The van der Waals surface area contributed by atoms with Gasteiger partial charge in [-0.25, -0.2) is 0 Å². The summed E-state index contributed by atoms with van der Waals surface area (Å²) < 4.78 is 5.30. The molecule has 0 bridgehead atoms. The highest BCUT2D eigenvalue weighted by molar-refractivity contribution is 6.16. The number of H-pyrrole nitrogens is 1. The van der Waals surface area contributed by atoms with Gasteiger partial charge in [0, 0.05) is 39.5 Å². The molecule has 0 atom stereocenters. The van der Waals surface area contributed by atoms with Crippen LogP contribution in [0.15, 0.2) is 48.8 Å². The van der Waals surface area contributed by atoms with E-state index in [0.717, 1.165) is 22.2 Å². The average Bonchev–Trinajstić information content (AvgIpc) is 2.85. The smallest absolute Gasteiger partial charge is 0.119 e. The molecule has 2 aromatic heterocycles. The van der Waals surface area contributed by atoms with E-state index in [4.69, 9.17) is 4.74 Å². The van der Waals surface area contributed by atoms with Crippen LogP contribution in [0.25, 0.3) is 32.6 Å². The fourth-order valence-electron chi connectivity index (χ4n) is 2.64. The quantitative estimate of drug-likeness (QED) is 0.555. The summed E-state index contributed by atoms with van der Waals surface area (Å²) in [6, 6.07) is 12.4. The van der Waals surface area contributed by atoms with E-state index in [9.17, 15) is 0 Å². The Kier molecular flexibility index (Phi) is 2.03. The van der Waals surface area contributed by atoms with E-state index < -0.39 is 0 Å². The molecule has 0 amide bonds. The van der Waals surface area contributed by atoms with E-state index in [-0.39, 0.29) is 0 Å². The number of ether oxygens (including phenoxy) is 1. The summed E-state index contributed by atoms with van der Waals surface area (Å²) >= 11 is 0. The maximum atomic E-state index is 5.30. The molecule has 4 aromatic rings. The van der Waals surface area contributed by atoms with Crippen molar-refractivity contribution in [2.24, 2.45) is 0 Å². The monoisotopic (exact) mass is 248 g/mol. The second-order valence-electron chi connectivity index (χ2n) is 4.62. The van der Waals surface area contributed by atoms with Crippen molar-refractivity contribution in [3.05, 3.63) is 48.8 Å². The van der Waals surface area contributed by atoms with Gasteiger partial charge >= 0.3 is 0 Å². The van der Waals surface area contributed by atoms with E-state index in [2.05, 4.69) is 34.2 Å². The molecule has 2 aromatic carbocycles. The van der Waals surface area contributed by atoms with Gasteiger partial charge in [-0.1, -0.05) is 12.1 Å². The zero-order valence-corrected chi connectivity index (χ0v) is 10.5. The van der Waals surface area contributed by atoms with Crippen LogP contribution in [-0.2, 0) is 0 Å². The molecule has 0 saturated heterocycles. The summed E-state index contributed by atoms with van der Waals surface area (Å²) in [5.74, 6) is 0.878. The van der Waals surface area contributed by atoms with E-state index in [1.165, 1.54) is 16.2 Å². The molecule has 4 rings (SSSR count). The lowest BCUT2D eigenvalue weighted by atomic mass is 10.1. The largest absolute Gasteiger partial charge is 0.497 e. The first-order valence-electron chi connectivity index (χ1n) is 6.19. The number of fused-ring (bicyclic) bond motifs is 5. The molecule has 0 unspecified atom stereocenters. The topological polar surface area (TPSA) is 37.9 Å². The lowest BCUT2D eigenvalue weighted by Crippen LogP contribution is -1.80. The number of methoxy groups -OCH3 is 1. The Morgan fingerprint density at radius 3 is 2.84 bits per heavy atom. The van der Waals surface area contributed by atoms with Crippen LogP contribution in [0.5, 0.6) is 5.75 Å². The number of hydrogen-bond donors (Lipinski definition) is 1. The molecule has 3 nitrogen and oxygen atoms in total. The van der Waals surface area contributed by atoms with Gasteiger partial charge in [0.25, 0.3) is 0 Å². The van der Waals surface area contributed by atoms with Crippen molar-refractivity contribution in [3.8, 4) is 5.75 Å². The van der Waals surface area contributed by atoms with Crippen LogP contribution in [0.3, 0.4) is 0 Å². The van der Waals surface area contributed by atoms with Gasteiger partial charge in [0.05, 0.1) is 12.6 Å². The van der Waals surface area contributed by atoms with Gasteiger partial charge in [-0.15, -0.1) is 0 Å². The molecule has 92 valence electrons. The number of pyridine rings is 1. The van der Waals surface area contributed by atoms with Crippen LogP contribution >= 0.6 is 0 Å². The minimum atomic E-state index is 0.878. The highest BCUT2D eigenvalue weighted by atomic mass is 16.5. The van der Waals surface area contributed by atoms with Crippen molar-refractivity contribution in [1.29, 1.82) is 0 Å². The van der Waals surface area contributed by atoms with Crippen molar-refractivity contribution < 1.29 is 4.74 Å². The molecule has 0 spiro atoms. The van der Waals surface area contributed by atoms with E-state index in [0.29, 0.717) is 0 Å². The summed E-state index contributed by atoms with van der Waals surface area (Å²) in [4.78, 5) is 7.66. The van der Waals surface area contributed by atoms with Gasteiger partial charge in [-0.2, -0.15) is 0 Å². The summed E-state index contributed by atoms with van der Waals surface area (Å²) in [5.41, 5.74) is 2.28. The summed E-state index contributed by atoms with van der Waals surface area (Å²) in [6.07, 6.45) is 3.72. The summed E-state index contributed by atoms with van der Waals surface area (Å²) in [7, 11) is 1.69. The molecule has 0 aliphatic heterocycles. The zero-order chi connectivity index (χ0) is 12.8. The van der Waals surface area contributed by atoms with Gasteiger partial charge in [-0.05, 0) is 24.3 Å². The molecule has 3 heteroatoms. The highest BCUT2D eigenvalue weighted by Crippen LogP contribution is 2.32. The molecular formula is C16H12N2O. The zero-order valence-electron chi connectivity index (χ0n) is 10.5. The third kappa shape index (κ3) is 1.41. The molecular weight excluding hydrogens is 236 g/mol. The lowest BCUT2D eigenvalue weighted by Gasteiger charge is -1.99. The minimum absolute atomic E-state index is 0.878. The third-order valence-electron chi connectivity index (χ3n) is 3.60. The van der Waals surface area contributed by atoms with Gasteiger partial charge < -0.3 is 9.72 Å². The maximum absolute atomic E-state index is 5.30. The van der Waals surface area contributed by atoms with Gasteiger partial charge in [0.15, 0.2) is 0 Å². The molecule has 0 fully saturated rings. The predicted octanol–water partition coefficient (Wildman–Crippen LogP) is 3.88. The number of benzene rings is 2. The molecule has 0 aliphatic carbocycles. The Morgan fingerprint density at radius 2 is 1.95 bits per heavy atom.